The molecule has 1 aliphatic heterocycles. The fraction of sp³-hybridized carbons (Fsp3) is 0.316. The minimum absolute atomic E-state index is 0.0518. The second-order valence-corrected chi connectivity index (χ2v) is 6.17. The van der Waals surface area contributed by atoms with Crippen molar-refractivity contribution in [2.45, 2.75) is 26.3 Å². The Bertz CT molecular complexity index is 765. The lowest BCUT2D eigenvalue weighted by molar-refractivity contribution is -0.125. The Kier molecular flexibility index (Phi) is 4.97. The second-order valence-electron chi connectivity index (χ2n) is 6.17. The zero-order chi connectivity index (χ0) is 17.8. The van der Waals surface area contributed by atoms with Gasteiger partial charge in [-0.1, -0.05) is 12.1 Å². The van der Waals surface area contributed by atoms with Crippen molar-refractivity contribution in [3.05, 3.63) is 59.5 Å². The third-order valence-corrected chi connectivity index (χ3v) is 4.37. The molecule has 0 saturated carbocycles. The van der Waals surface area contributed by atoms with Crippen LogP contribution in [0.3, 0.4) is 0 Å². The Morgan fingerprint density at radius 3 is 2.52 bits per heavy atom. The van der Waals surface area contributed by atoms with Crippen molar-refractivity contribution in [1.29, 1.82) is 0 Å². The van der Waals surface area contributed by atoms with E-state index in [2.05, 4.69) is 5.32 Å². The molecular weight excluding hydrogens is 320 g/mol. The summed E-state index contributed by atoms with van der Waals surface area (Å²) in [6.45, 7) is 3.02. The number of rotatable bonds is 6. The molecule has 6 nitrogen and oxygen atoms in total. The molecular formula is C19H20N2O4. The van der Waals surface area contributed by atoms with Crippen LogP contribution in [-0.2, 0) is 22.6 Å². The highest BCUT2D eigenvalue weighted by molar-refractivity contribution is 6.03. The summed E-state index contributed by atoms with van der Waals surface area (Å²) >= 11 is 0. The van der Waals surface area contributed by atoms with Crippen LogP contribution in [0.15, 0.2) is 47.3 Å². The van der Waals surface area contributed by atoms with Crippen molar-refractivity contribution in [2.75, 3.05) is 6.54 Å². The Morgan fingerprint density at radius 2 is 1.96 bits per heavy atom. The number of hydrogen-bond donors (Lipinski definition) is 1. The SMILES string of the molecule is CCN(Cc1ccoc1)C(=O)c1ccc(CC2CC(=O)NC2=O)cc1. The molecule has 1 fully saturated rings. The Morgan fingerprint density at radius 1 is 1.20 bits per heavy atom. The number of nitrogens with one attached hydrogen (secondary N) is 1. The van der Waals surface area contributed by atoms with E-state index in [-0.39, 0.29) is 30.1 Å². The molecule has 6 heteroatoms. The summed E-state index contributed by atoms with van der Waals surface area (Å²) < 4.78 is 5.05. The third kappa shape index (κ3) is 3.96. The van der Waals surface area contributed by atoms with Gasteiger partial charge in [-0.2, -0.15) is 0 Å². The molecule has 1 aromatic heterocycles. The summed E-state index contributed by atoms with van der Waals surface area (Å²) in [6, 6.07) is 9.06. The highest BCUT2D eigenvalue weighted by atomic mass is 16.3. The van der Waals surface area contributed by atoms with Gasteiger partial charge in [0.15, 0.2) is 0 Å². The molecule has 1 aliphatic rings. The van der Waals surface area contributed by atoms with Crippen LogP contribution in [0.4, 0.5) is 0 Å². The molecule has 0 radical (unpaired) electrons. The molecule has 3 rings (SSSR count). The van der Waals surface area contributed by atoms with E-state index >= 15 is 0 Å². The van der Waals surface area contributed by atoms with Gasteiger partial charge in [-0.15, -0.1) is 0 Å². The van der Waals surface area contributed by atoms with Gasteiger partial charge in [0.2, 0.25) is 11.8 Å². The first-order valence-electron chi connectivity index (χ1n) is 8.29. The van der Waals surface area contributed by atoms with E-state index in [0.717, 1.165) is 11.1 Å². The van der Waals surface area contributed by atoms with Crippen LogP contribution in [-0.4, -0.2) is 29.2 Å². The van der Waals surface area contributed by atoms with E-state index in [1.54, 1.807) is 29.6 Å². The summed E-state index contributed by atoms with van der Waals surface area (Å²) in [5.41, 5.74) is 2.48. The molecule has 2 heterocycles. The van der Waals surface area contributed by atoms with Crippen LogP contribution in [0.5, 0.6) is 0 Å². The van der Waals surface area contributed by atoms with Gasteiger partial charge in [-0.3, -0.25) is 19.7 Å². The Balaban J connectivity index is 1.65. The molecule has 0 bridgehead atoms. The first-order chi connectivity index (χ1) is 12.1. The van der Waals surface area contributed by atoms with Crippen LogP contribution >= 0.6 is 0 Å². The smallest absolute Gasteiger partial charge is 0.254 e. The van der Waals surface area contributed by atoms with Crippen molar-refractivity contribution in [3.8, 4) is 0 Å². The number of benzene rings is 1. The number of carbonyl (C=O) groups is 3. The van der Waals surface area contributed by atoms with Gasteiger partial charge >= 0.3 is 0 Å². The van der Waals surface area contributed by atoms with Crippen molar-refractivity contribution < 1.29 is 18.8 Å². The van der Waals surface area contributed by atoms with E-state index in [1.807, 2.05) is 25.1 Å². The van der Waals surface area contributed by atoms with E-state index in [0.29, 0.717) is 25.1 Å². The lowest BCUT2D eigenvalue weighted by Gasteiger charge is -2.20. The molecule has 3 amide bonds. The molecule has 25 heavy (non-hydrogen) atoms. The molecule has 1 unspecified atom stereocenters. The highest BCUT2D eigenvalue weighted by Crippen LogP contribution is 2.18. The number of imide groups is 1. The minimum Gasteiger partial charge on any atom is -0.472 e. The van der Waals surface area contributed by atoms with Crippen LogP contribution in [0, 0.1) is 5.92 Å². The van der Waals surface area contributed by atoms with Crippen molar-refractivity contribution in [1.82, 2.24) is 10.2 Å². The lowest BCUT2D eigenvalue weighted by Crippen LogP contribution is -2.30. The maximum absolute atomic E-state index is 12.6. The van der Waals surface area contributed by atoms with E-state index in [9.17, 15) is 14.4 Å². The maximum Gasteiger partial charge on any atom is 0.254 e. The molecule has 130 valence electrons. The summed E-state index contributed by atoms with van der Waals surface area (Å²) in [6.07, 6.45) is 3.95. The number of carbonyl (C=O) groups excluding carboxylic acids is 3. The van der Waals surface area contributed by atoms with Crippen LogP contribution in [0.25, 0.3) is 0 Å². The largest absolute Gasteiger partial charge is 0.472 e. The quantitative estimate of drug-likeness (QED) is 0.817. The van der Waals surface area contributed by atoms with Gasteiger partial charge in [0.05, 0.1) is 18.4 Å². The summed E-state index contributed by atoms with van der Waals surface area (Å²) in [5, 5.41) is 2.31. The first kappa shape index (κ1) is 17.0. The van der Waals surface area contributed by atoms with Crippen LogP contribution in [0.2, 0.25) is 0 Å². The zero-order valence-electron chi connectivity index (χ0n) is 14.0. The second kappa shape index (κ2) is 7.34. The van der Waals surface area contributed by atoms with Gasteiger partial charge in [-0.05, 0) is 37.1 Å². The van der Waals surface area contributed by atoms with E-state index in [1.165, 1.54) is 0 Å². The number of furan rings is 1. The monoisotopic (exact) mass is 340 g/mol. The van der Waals surface area contributed by atoms with E-state index < -0.39 is 0 Å². The molecule has 1 saturated heterocycles. The highest BCUT2D eigenvalue weighted by Gasteiger charge is 2.30. The number of amides is 3. The number of nitrogens with zero attached hydrogens (tertiary/aromatic N) is 1. The van der Waals surface area contributed by atoms with Crippen molar-refractivity contribution >= 4 is 17.7 Å². The van der Waals surface area contributed by atoms with Crippen molar-refractivity contribution in [2.24, 2.45) is 5.92 Å². The first-order valence-corrected chi connectivity index (χ1v) is 8.29. The van der Waals surface area contributed by atoms with Crippen LogP contribution in [0.1, 0.15) is 34.8 Å². The molecule has 0 aliphatic carbocycles. The summed E-state index contributed by atoms with van der Waals surface area (Å²) in [7, 11) is 0. The van der Waals surface area contributed by atoms with Gasteiger partial charge < -0.3 is 9.32 Å². The normalized spacial score (nSPS) is 16.8. The average Bonchev–Trinajstić information content (AvgIpc) is 3.22. The molecule has 1 aromatic carbocycles. The topological polar surface area (TPSA) is 79.6 Å². The summed E-state index contributed by atoms with van der Waals surface area (Å²) in [4.78, 5) is 37.3. The molecule has 1 N–H and O–H groups in total. The van der Waals surface area contributed by atoms with Gasteiger partial charge in [0.25, 0.3) is 5.91 Å². The predicted octanol–water partition coefficient (Wildman–Crippen LogP) is 2.15. The molecule has 2 aromatic rings. The predicted molar refractivity (Wildman–Crippen MR) is 90.5 cm³/mol. The summed E-state index contributed by atoms with van der Waals surface area (Å²) in [5.74, 6) is -0.812. The van der Waals surface area contributed by atoms with Gasteiger partial charge in [-0.25, -0.2) is 0 Å². The molecule has 1 atom stereocenters. The van der Waals surface area contributed by atoms with Crippen LogP contribution < -0.4 is 5.32 Å². The fourth-order valence-electron chi connectivity index (χ4n) is 2.95. The zero-order valence-corrected chi connectivity index (χ0v) is 14.0. The van der Waals surface area contributed by atoms with Gasteiger partial charge in [0, 0.05) is 30.6 Å². The van der Waals surface area contributed by atoms with Gasteiger partial charge in [0.1, 0.15) is 0 Å². The minimum atomic E-state index is -0.317. The standard InChI is InChI=1S/C19H20N2O4/c1-2-21(11-14-7-8-25-12-14)19(24)15-5-3-13(4-6-15)9-16-10-17(22)20-18(16)23/h3-8,12,16H,2,9-11H2,1H3,(H,20,22,23). The average molecular weight is 340 g/mol. The fourth-order valence-corrected chi connectivity index (χ4v) is 2.95. The Labute approximate surface area is 145 Å². The molecule has 0 spiro atoms. The lowest BCUT2D eigenvalue weighted by atomic mass is 9.97. The Hall–Kier alpha value is -2.89. The maximum atomic E-state index is 12.6. The number of hydrogen-bond acceptors (Lipinski definition) is 4. The third-order valence-electron chi connectivity index (χ3n) is 4.37. The van der Waals surface area contributed by atoms with E-state index in [4.69, 9.17) is 4.42 Å². The van der Waals surface area contributed by atoms with Crippen molar-refractivity contribution in [3.63, 3.8) is 0 Å².